The highest BCUT2D eigenvalue weighted by Gasteiger charge is 2.33. The van der Waals surface area contributed by atoms with Crippen LogP contribution in [-0.4, -0.2) is 65.4 Å². The molecule has 0 radical (unpaired) electrons. The van der Waals surface area contributed by atoms with Crippen LogP contribution in [0.25, 0.3) is 11.0 Å². The fourth-order valence-electron chi connectivity index (χ4n) is 4.91. The normalized spacial score (nSPS) is 27.1. The second-order valence-corrected chi connectivity index (χ2v) is 8.39. The van der Waals surface area contributed by atoms with Crippen LogP contribution in [0.3, 0.4) is 0 Å². The third-order valence-electron chi connectivity index (χ3n) is 6.37. The van der Waals surface area contributed by atoms with Gasteiger partial charge in [0.2, 0.25) is 0 Å². The van der Waals surface area contributed by atoms with Crippen molar-refractivity contribution in [3.8, 4) is 0 Å². The summed E-state index contributed by atoms with van der Waals surface area (Å²) < 4.78 is 5.53. The number of aromatic nitrogens is 1. The molecule has 2 aromatic rings. The Hall–Kier alpha value is -2.41. The van der Waals surface area contributed by atoms with Crippen molar-refractivity contribution in [2.75, 3.05) is 32.7 Å². The Kier molecular flexibility index (Phi) is 4.55. The Morgan fingerprint density at radius 1 is 1.14 bits per heavy atom. The first-order valence-electron chi connectivity index (χ1n) is 10.4. The lowest BCUT2D eigenvalue weighted by atomic mass is 9.97. The Bertz CT molecular complexity index is 890. The number of piperidine rings is 2. The molecule has 0 aliphatic carbocycles. The molecule has 3 unspecified atom stereocenters. The number of amides is 2. The number of furan rings is 1. The van der Waals surface area contributed by atoms with Crippen molar-refractivity contribution in [1.82, 2.24) is 20.1 Å². The summed E-state index contributed by atoms with van der Waals surface area (Å²) in [6.07, 6.45) is 8.56. The van der Waals surface area contributed by atoms with Gasteiger partial charge in [-0.05, 0) is 50.6 Å². The number of likely N-dealkylation sites (tertiary alicyclic amines) is 1. The van der Waals surface area contributed by atoms with Gasteiger partial charge in [-0.25, -0.2) is 4.98 Å². The molecule has 7 nitrogen and oxygen atoms in total. The van der Waals surface area contributed by atoms with Crippen LogP contribution in [0.2, 0.25) is 0 Å². The van der Waals surface area contributed by atoms with E-state index in [4.69, 9.17) is 4.42 Å². The molecule has 3 saturated heterocycles. The van der Waals surface area contributed by atoms with Crippen LogP contribution < -0.4 is 5.32 Å². The van der Waals surface area contributed by atoms with Crippen molar-refractivity contribution in [3.63, 3.8) is 0 Å². The van der Waals surface area contributed by atoms with Crippen LogP contribution in [-0.2, 0) is 0 Å². The first kappa shape index (κ1) is 17.7. The van der Waals surface area contributed by atoms with Crippen LogP contribution in [0.4, 0.5) is 0 Å². The SMILES string of the molecule is O=C(NC1CC2CCN(C2)C1)c1cc2c(C(=O)N3CCCCC3)coc2cn1. The van der Waals surface area contributed by atoms with E-state index in [1.54, 1.807) is 12.3 Å². The third-order valence-corrected chi connectivity index (χ3v) is 6.37. The molecular formula is C21H26N4O3. The summed E-state index contributed by atoms with van der Waals surface area (Å²) in [7, 11) is 0. The molecule has 5 rings (SSSR count). The van der Waals surface area contributed by atoms with E-state index in [0.717, 1.165) is 52.0 Å². The van der Waals surface area contributed by atoms with E-state index in [0.29, 0.717) is 28.1 Å². The van der Waals surface area contributed by atoms with Crippen molar-refractivity contribution < 1.29 is 14.0 Å². The topological polar surface area (TPSA) is 78.7 Å². The zero-order chi connectivity index (χ0) is 19.1. The van der Waals surface area contributed by atoms with Crippen LogP contribution >= 0.6 is 0 Å². The van der Waals surface area contributed by atoms with E-state index in [9.17, 15) is 9.59 Å². The van der Waals surface area contributed by atoms with Crippen LogP contribution in [0.5, 0.6) is 0 Å². The monoisotopic (exact) mass is 382 g/mol. The number of rotatable bonds is 3. The number of fused-ring (bicyclic) bond motifs is 3. The number of hydrogen-bond donors (Lipinski definition) is 1. The highest BCUT2D eigenvalue weighted by molar-refractivity contribution is 6.07. The number of carbonyl (C=O) groups excluding carboxylic acids is 2. The summed E-state index contributed by atoms with van der Waals surface area (Å²) in [5.41, 5.74) is 1.41. The first-order valence-corrected chi connectivity index (χ1v) is 10.4. The lowest BCUT2D eigenvalue weighted by Gasteiger charge is -2.30. The lowest BCUT2D eigenvalue weighted by molar-refractivity contribution is 0.0725. The van der Waals surface area contributed by atoms with Crippen molar-refractivity contribution in [1.29, 1.82) is 0 Å². The maximum Gasteiger partial charge on any atom is 0.270 e. The van der Waals surface area contributed by atoms with Gasteiger partial charge in [0.1, 0.15) is 12.0 Å². The van der Waals surface area contributed by atoms with E-state index in [1.807, 2.05) is 4.90 Å². The Morgan fingerprint density at radius 2 is 2.00 bits per heavy atom. The smallest absolute Gasteiger partial charge is 0.270 e. The summed E-state index contributed by atoms with van der Waals surface area (Å²) >= 11 is 0. The largest absolute Gasteiger partial charge is 0.462 e. The fourth-order valence-corrected chi connectivity index (χ4v) is 4.91. The average molecular weight is 382 g/mol. The predicted molar refractivity (Wildman–Crippen MR) is 104 cm³/mol. The molecule has 0 saturated carbocycles. The zero-order valence-corrected chi connectivity index (χ0v) is 16.0. The molecule has 3 fully saturated rings. The van der Waals surface area contributed by atoms with E-state index in [-0.39, 0.29) is 17.9 Å². The number of nitrogens with one attached hydrogen (secondary N) is 1. The van der Waals surface area contributed by atoms with Gasteiger partial charge in [0.15, 0.2) is 5.58 Å². The molecule has 3 aliphatic heterocycles. The highest BCUT2D eigenvalue weighted by atomic mass is 16.3. The quantitative estimate of drug-likeness (QED) is 0.881. The van der Waals surface area contributed by atoms with Crippen molar-refractivity contribution in [2.24, 2.45) is 5.92 Å². The van der Waals surface area contributed by atoms with Crippen molar-refractivity contribution >= 4 is 22.8 Å². The summed E-state index contributed by atoms with van der Waals surface area (Å²) in [6, 6.07) is 1.87. The van der Waals surface area contributed by atoms with Crippen molar-refractivity contribution in [3.05, 3.63) is 29.8 Å². The molecule has 3 aliphatic rings. The predicted octanol–water partition coefficient (Wildman–Crippen LogP) is 2.28. The molecule has 2 aromatic heterocycles. The summed E-state index contributed by atoms with van der Waals surface area (Å²) in [4.78, 5) is 34.2. The van der Waals surface area contributed by atoms with Crippen LogP contribution in [0.15, 0.2) is 22.9 Å². The molecule has 0 spiro atoms. The highest BCUT2D eigenvalue weighted by Crippen LogP contribution is 2.27. The average Bonchev–Trinajstić information content (AvgIpc) is 3.30. The molecule has 2 bridgehead atoms. The fraction of sp³-hybridized carbons (Fsp3) is 0.571. The zero-order valence-electron chi connectivity index (χ0n) is 16.0. The summed E-state index contributed by atoms with van der Waals surface area (Å²) in [5.74, 6) is 0.497. The minimum atomic E-state index is -0.174. The van der Waals surface area contributed by atoms with Crippen LogP contribution in [0, 0.1) is 5.92 Å². The Morgan fingerprint density at radius 3 is 2.82 bits per heavy atom. The van der Waals surface area contributed by atoms with Gasteiger partial charge in [-0.3, -0.25) is 9.59 Å². The molecule has 2 amide bonds. The van der Waals surface area contributed by atoms with Gasteiger partial charge in [-0.15, -0.1) is 0 Å². The number of pyridine rings is 1. The van der Waals surface area contributed by atoms with E-state index >= 15 is 0 Å². The third kappa shape index (κ3) is 3.28. The Labute approximate surface area is 164 Å². The van der Waals surface area contributed by atoms with E-state index < -0.39 is 0 Å². The molecule has 28 heavy (non-hydrogen) atoms. The van der Waals surface area contributed by atoms with Gasteiger partial charge < -0.3 is 19.5 Å². The standard InChI is InChI=1S/C21H26N4O3/c26-20(23-15-8-14-4-7-24(11-14)12-15)18-9-16-17(13-28-19(16)10-22-18)21(27)25-5-2-1-3-6-25/h9-10,13-15H,1-8,11-12H2,(H,23,26). The van der Waals surface area contributed by atoms with Gasteiger partial charge in [-0.2, -0.15) is 0 Å². The van der Waals surface area contributed by atoms with Gasteiger partial charge in [-0.1, -0.05) is 0 Å². The molecule has 148 valence electrons. The van der Waals surface area contributed by atoms with E-state index in [2.05, 4.69) is 15.2 Å². The molecular weight excluding hydrogens is 356 g/mol. The summed E-state index contributed by atoms with van der Waals surface area (Å²) in [6.45, 7) is 4.77. The second-order valence-electron chi connectivity index (χ2n) is 8.39. The molecule has 5 heterocycles. The van der Waals surface area contributed by atoms with Gasteiger partial charge in [0.05, 0.1) is 11.8 Å². The lowest BCUT2D eigenvalue weighted by Crippen LogP contribution is -2.47. The van der Waals surface area contributed by atoms with Crippen LogP contribution in [0.1, 0.15) is 53.0 Å². The van der Waals surface area contributed by atoms with Crippen molar-refractivity contribution in [2.45, 2.75) is 38.1 Å². The summed E-state index contributed by atoms with van der Waals surface area (Å²) in [5, 5.41) is 3.81. The Balaban J connectivity index is 1.35. The molecule has 0 aromatic carbocycles. The molecule has 7 heteroatoms. The maximum absolute atomic E-state index is 12.9. The second kappa shape index (κ2) is 7.20. The minimum absolute atomic E-state index is 0.0207. The van der Waals surface area contributed by atoms with Gasteiger partial charge >= 0.3 is 0 Å². The minimum Gasteiger partial charge on any atom is -0.462 e. The van der Waals surface area contributed by atoms with Gasteiger partial charge in [0, 0.05) is 37.6 Å². The molecule has 3 atom stereocenters. The van der Waals surface area contributed by atoms with Gasteiger partial charge in [0.25, 0.3) is 11.8 Å². The first-order chi connectivity index (χ1) is 13.7. The number of hydrogen-bond acceptors (Lipinski definition) is 5. The molecule has 1 N–H and O–H groups in total. The maximum atomic E-state index is 12.9. The van der Waals surface area contributed by atoms with E-state index in [1.165, 1.54) is 19.1 Å². The number of nitrogens with zero attached hydrogens (tertiary/aromatic N) is 3. The number of carbonyl (C=O) groups is 2.